The van der Waals surface area contributed by atoms with Gasteiger partial charge in [-0.25, -0.2) is 0 Å². The zero-order chi connectivity index (χ0) is 14.1. The number of carbonyl (C=O) groups excluding carboxylic acids is 2. The van der Waals surface area contributed by atoms with Gasteiger partial charge in [-0.1, -0.05) is 30.3 Å². The molecule has 1 saturated heterocycles. The van der Waals surface area contributed by atoms with Crippen LogP contribution in [0.2, 0.25) is 0 Å². The van der Waals surface area contributed by atoms with Crippen molar-refractivity contribution in [3.8, 4) is 0 Å². The second-order valence-electron chi connectivity index (χ2n) is 5.79. The van der Waals surface area contributed by atoms with Crippen LogP contribution in [0.25, 0.3) is 0 Å². The average molecular weight is 272 g/mol. The van der Waals surface area contributed by atoms with E-state index >= 15 is 0 Å². The van der Waals surface area contributed by atoms with Gasteiger partial charge in [-0.05, 0) is 24.8 Å². The third kappa shape index (κ3) is 2.55. The van der Waals surface area contributed by atoms with E-state index in [-0.39, 0.29) is 23.8 Å². The van der Waals surface area contributed by atoms with Gasteiger partial charge in [0, 0.05) is 19.5 Å². The molecule has 1 heterocycles. The van der Waals surface area contributed by atoms with E-state index in [1.54, 1.807) is 11.9 Å². The molecule has 1 saturated carbocycles. The van der Waals surface area contributed by atoms with Crippen LogP contribution in [0, 0.1) is 5.92 Å². The summed E-state index contributed by atoms with van der Waals surface area (Å²) in [6.07, 6.45) is 3.27. The van der Waals surface area contributed by atoms with Crippen molar-refractivity contribution in [3.05, 3.63) is 35.9 Å². The van der Waals surface area contributed by atoms with Crippen molar-refractivity contribution in [3.63, 3.8) is 0 Å². The predicted molar refractivity (Wildman–Crippen MR) is 75.8 cm³/mol. The van der Waals surface area contributed by atoms with Gasteiger partial charge in [-0.3, -0.25) is 9.59 Å². The Morgan fingerprint density at radius 2 is 1.90 bits per heavy atom. The number of rotatable bonds is 3. The smallest absolute Gasteiger partial charge is 0.225 e. The number of piperidine rings is 1. The van der Waals surface area contributed by atoms with Crippen LogP contribution in [0.4, 0.5) is 0 Å². The average Bonchev–Trinajstić information content (AvgIpc) is 3.26. The van der Waals surface area contributed by atoms with E-state index in [9.17, 15) is 9.59 Å². The molecule has 4 heteroatoms. The number of carbonyl (C=O) groups is 2. The Labute approximate surface area is 119 Å². The van der Waals surface area contributed by atoms with Crippen molar-refractivity contribution in [2.75, 3.05) is 7.05 Å². The van der Waals surface area contributed by atoms with Gasteiger partial charge in [-0.2, -0.15) is 0 Å². The maximum Gasteiger partial charge on any atom is 0.225 e. The fourth-order valence-corrected chi connectivity index (χ4v) is 2.95. The van der Waals surface area contributed by atoms with E-state index in [1.807, 2.05) is 30.3 Å². The van der Waals surface area contributed by atoms with Crippen molar-refractivity contribution in [1.29, 1.82) is 0 Å². The highest BCUT2D eigenvalue weighted by Gasteiger charge is 2.40. The third-order valence-electron chi connectivity index (χ3n) is 4.26. The van der Waals surface area contributed by atoms with Gasteiger partial charge >= 0.3 is 0 Å². The van der Waals surface area contributed by atoms with Crippen LogP contribution in [0.3, 0.4) is 0 Å². The summed E-state index contributed by atoms with van der Waals surface area (Å²) in [5.41, 5.74) is 1.04. The van der Waals surface area contributed by atoms with Gasteiger partial charge < -0.3 is 10.2 Å². The highest BCUT2D eigenvalue weighted by Crippen LogP contribution is 2.36. The first-order chi connectivity index (χ1) is 9.66. The second kappa shape index (κ2) is 5.27. The molecule has 1 aromatic carbocycles. The van der Waals surface area contributed by atoms with Crippen LogP contribution in [0.5, 0.6) is 0 Å². The second-order valence-corrected chi connectivity index (χ2v) is 5.79. The molecule has 0 bridgehead atoms. The van der Waals surface area contributed by atoms with Crippen molar-refractivity contribution in [1.82, 2.24) is 10.2 Å². The van der Waals surface area contributed by atoms with Crippen molar-refractivity contribution < 1.29 is 9.59 Å². The van der Waals surface area contributed by atoms with E-state index in [4.69, 9.17) is 0 Å². The zero-order valence-electron chi connectivity index (χ0n) is 11.7. The fraction of sp³-hybridized carbons (Fsp3) is 0.500. The third-order valence-corrected chi connectivity index (χ3v) is 4.26. The standard InChI is InChI=1S/C16H20N2O2/c1-18-14(19)10-9-13(16(20)17-12-7-8-12)15(18)11-5-3-2-4-6-11/h2-6,12-13,15H,7-10H2,1H3,(H,17,20)/t13-,15+/m0/s1. The molecule has 2 fully saturated rings. The SMILES string of the molecule is CN1C(=O)CC[C@H](C(=O)NC2CC2)[C@H]1c1ccccc1. The largest absolute Gasteiger partial charge is 0.353 e. The first kappa shape index (κ1) is 13.2. The molecule has 20 heavy (non-hydrogen) atoms. The monoisotopic (exact) mass is 272 g/mol. The molecule has 106 valence electrons. The predicted octanol–water partition coefficient (Wildman–Crippen LogP) is 1.87. The van der Waals surface area contributed by atoms with E-state index in [0.717, 1.165) is 18.4 Å². The molecular formula is C16H20N2O2. The van der Waals surface area contributed by atoms with Gasteiger partial charge in [-0.15, -0.1) is 0 Å². The molecular weight excluding hydrogens is 252 g/mol. The van der Waals surface area contributed by atoms with Gasteiger partial charge in [0.2, 0.25) is 11.8 Å². The number of nitrogens with zero attached hydrogens (tertiary/aromatic N) is 1. The summed E-state index contributed by atoms with van der Waals surface area (Å²) in [6.45, 7) is 0. The maximum atomic E-state index is 12.4. The molecule has 3 rings (SSSR count). The molecule has 1 N–H and O–H groups in total. The number of amides is 2. The summed E-state index contributed by atoms with van der Waals surface area (Å²) in [7, 11) is 1.80. The van der Waals surface area contributed by atoms with E-state index < -0.39 is 0 Å². The number of likely N-dealkylation sites (tertiary alicyclic amines) is 1. The molecule has 2 atom stereocenters. The fourth-order valence-electron chi connectivity index (χ4n) is 2.95. The summed E-state index contributed by atoms with van der Waals surface area (Å²) in [5, 5.41) is 3.08. The Hall–Kier alpha value is -1.84. The van der Waals surface area contributed by atoms with Crippen LogP contribution in [0.1, 0.15) is 37.3 Å². The van der Waals surface area contributed by atoms with Crippen LogP contribution in [-0.2, 0) is 9.59 Å². The summed E-state index contributed by atoms with van der Waals surface area (Å²) < 4.78 is 0. The minimum Gasteiger partial charge on any atom is -0.353 e. The normalized spacial score (nSPS) is 26.4. The lowest BCUT2D eigenvalue weighted by molar-refractivity contribution is -0.141. The van der Waals surface area contributed by atoms with Crippen LogP contribution in [-0.4, -0.2) is 29.8 Å². The Morgan fingerprint density at radius 1 is 1.20 bits per heavy atom. The van der Waals surface area contributed by atoms with E-state index in [2.05, 4.69) is 5.32 Å². The molecule has 0 unspecified atom stereocenters. The first-order valence-corrected chi connectivity index (χ1v) is 7.28. The van der Waals surface area contributed by atoms with Crippen molar-refractivity contribution >= 4 is 11.8 Å². The number of benzene rings is 1. The highest BCUT2D eigenvalue weighted by molar-refractivity contribution is 5.85. The summed E-state index contributed by atoms with van der Waals surface area (Å²) in [6, 6.07) is 10.1. The molecule has 0 spiro atoms. The number of nitrogens with one attached hydrogen (secondary N) is 1. The minimum atomic E-state index is -0.142. The molecule has 0 aromatic heterocycles. The Bertz CT molecular complexity index is 510. The quantitative estimate of drug-likeness (QED) is 0.913. The van der Waals surface area contributed by atoms with Gasteiger partial charge in [0.15, 0.2) is 0 Å². The lowest BCUT2D eigenvalue weighted by atomic mass is 9.84. The van der Waals surface area contributed by atoms with Crippen molar-refractivity contribution in [2.45, 2.75) is 37.8 Å². The molecule has 1 aromatic rings. The number of hydrogen-bond donors (Lipinski definition) is 1. The molecule has 1 aliphatic carbocycles. The van der Waals surface area contributed by atoms with Gasteiger partial charge in [0.25, 0.3) is 0 Å². The molecule has 0 radical (unpaired) electrons. The van der Waals surface area contributed by atoms with Crippen LogP contribution >= 0.6 is 0 Å². The number of hydrogen-bond acceptors (Lipinski definition) is 2. The van der Waals surface area contributed by atoms with Gasteiger partial charge in [0.05, 0.1) is 12.0 Å². The summed E-state index contributed by atoms with van der Waals surface area (Å²) >= 11 is 0. The Balaban J connectivity index is 1.85. The molecule has 2 amide bonds. The van der Waals surface area contributed by atoms with E-state index in [0.29, 0.717) is 18.9 Å². The first-order valence-electron chi connectivity index (χ1n) is 7.28. The zero-order valence-corrected chi connectivity index (χ0v) is 11.7. The Kier molecular flexibility index (Phi) is 3.47. The van der Waals surface area contributed by atoms with Crippen LogP contribution < -0.4 is 5.32 Å². The lowest BCUT2D eigenvalue weighted by Gasteiger charge is -2.38. The maximum absolute atomic E-state index is 12.4. The minimum absolute atomic E-state index is 0.0979. The van der Waals surface area contributed by atoms with Gasteiger partial charge in [0.1, 0.15) is 0 Å². The van der Waals surface area contributed by atoms with E-state index in [1.165, 1.54) is 0 Å². The molecule has 2 aliphatic rings. The van der Waals surface area contributed by atoms with Crippen molar-refractivity contribution in [2.24, 2.45) is 5.92 Å². The summed E-state index contributed by atoms with van der Waals surface area (Å²) in [5.74, 6) is 0.0794. The summed E-state index contributed by atoms with van der Waals surface area (Å²) in [4.78, 5) is 26.1. The lowest BCUT2D eigenvalue weighted by Crippen LogP contribution is -2.46. The molecule has 1 aliphatic heterocycles. The molecule has 4 nitrogen and oxygen atoms in total. The Morgan fingerprint density at radius 3 is 2.55 bits per heavy atom. The highest BCUT2D eigenvalue weighted by atomic mass is 16.2. The topological polar surface area (TPSA) is 49.4 Å². The van der Waals surface area contributed by atoms with Crippen LogP contribution in [0.15, 0.2) is 30.3 Å².